The van der Waals surface area contributed by atoms with Crippen LogP contribution in [-0.2, 0) is 9.53 Å². The first-order valence-electron chi connectivity index (χ1n) is 5.22. The maximum Gasteiger partial charge on any atom is 0.309 e. The molecule has 3 heteroatoms. The van der Waals surface area contributed by atoms with Gasteiger partial charge < -0.3 is 4.74 Å². The Balaban J connectivity index is 0.00000169. The van der Waals surface area contributed by atoms with Gasteiger partial charge in [0.1, 0.15) is 5.60 Å². The second kappa shape index (κ2) is 5.59. The summed E-state index contributed by atoms with van der Waals surface area (Å²) < 4.78 is 5.34. The van der Waals surface area contributed by atoms with Crippen LogP contribution in [0.5, 0.6) is 0 Å². The zero-order valence-electron chi connectivity index (χ0n) is 9.34. The highest BCUT2D eigenvalue weighted by Crippen LogP contribution is 2.26. The van der Waals surface area contributed by atoms with Crippen molar-refractivity contribution in [2.75, 3.05) is 0 Å². The number of hydrogen-bond donors (Lipinski definition) is 0. The summed E-state index contributed by atoms with van der Waals surface area (Å²) in [4.78, 5) is 11.6. The van der Waals surface area contributed by atoms with E-state index in [0.29, 0.717) is 0 Å². The summed E-state index contributed by atoms with van der Waals surface area (Å²) in [6, 6.07) is 0. The molecule has 2 nitrogen and oxygen atoms in total. The third kappa shape index (κ3) is 4.85. The third-order valence-electron chi connectivity index (χ3n) is 2.35. The summed E-state index contributed by atoms with van der Waals surface area (Å²) in [7, 11) is 0. The van der Waals surface area contributed by atoms with Crippen LogP contribution in [0.3, 0.4) is 0 Å². The van der Waals surface area contributed by atoms with Gasteiger partial charge in [0.25, 0.3) is 0 Å². The SMILES string of the molecule is CC(C)(C)OC(=O)C1CCCCC1.Cl. The predicted octanol–water partition coefficient (Wildman–Crippen LogP) is 3.33. The lowest BCUT2D eigenvalue weighted by molar-refractivity contribution is -0.161. The van der Waals surface area contributed by atoms with Crippen LogP contribution in [0.25, 0.3) is 0 Å². The summed E-state index contributed by atoms with van der Waals surface area (Å²) >= 11 is 0. The number of halogens is 1. The molecule has 0 heterocycles. The molecule has 1 rings (SSSR count). The Morgan fingerprint density at radius 1 is 1.14 bits per heavy atom. The van der Waals surface area contributed by atoms with E-state index in [2.05, 4.69) is 0 Å². The molecule has 84 valence electrons. The molecule has 0 aromatic heterocycles. The Labute approximate surface area is 92.8 Å². The average Bonchev–Trinajstić information content (AvgIpc) is 2.03. The molecule has 0 bridgehead atoms. The van der Waals surface area contributed by atoms with Crippen molar-refractivity contribution >= 4 is 18.4 Å². The highest BCUT2D eigenvalue weighted by atomic mass is 35.5. The van der Waals surface area contributed by atoms with Gasteiger partial charge in [-0.05, 0) is 33.6 Å². The van der Waals surface area contributed by atoms with E-state index in [4.69, 9.17) is 4.74 Å². The molecule has 1 aliphatic rings. The lowest BCUT2D eigenvalue weighted by Crippen LogP contribution is -2.29. The van der Waals surface area contributed by atoms with Crippen LogP contribution in [0.1, 0.15) is 52.9 Å². The summed E-state index contributed by atoms with van der Waals surface area (Å²) in [5, 5.41) is 0. The highest BCUT2D eigenvalue weighted by molar-refractivity contribution is 5.85. The summed E-state index contributed by atoms with van der Waals surface area (Å²) in [5.74, 6) is 0.181. The second-order valence-corrected chi connectivity index (χ2v) is 4.87. The molecule has 14 heavy (non-hydrogen) atoms. The number of rotatable bonds is 1. The Hall–Kier alpha value is -0.240. The van der Waals surface area contributed by atoms with Crippen molar-refractivity contribution in [1.29, 1.82) is 0 Å². The van der Waals surface area contributed by atoms with E-state index in [-0.39, 0.29) is 29.9 Å². The first-order valence-corrected chi connectivity index (χ1v) is 5.22. The summed E-state index contributed by atoms with van der Waals surface area (Å²) in [6.07, 6.45) is 5.69. The Bertz CT molecular complexity index is 178. The number of esters is 1. The second-order valence-electron chi connectivity index (χ2n) is 4.87. The van der Waals surface area contributed by atoms with Crippen molar-refractivity contribution < 1.29 is 9.53 Å². The lowest BCUT2D eigenvalue weighted by atomic mass is 9.89. The Morgan fingerprint density at radius 2 is 1.64 bits per heavy atom. The summed E-state index contributed by atoms with van der Waals surface area (Å²) in [6.45, 7) is 5.77. The van der Waals surface area contributed by atoms with Crippen molar-refractivity contribution in [2.45, 2.75) is 58.5 Å². The van der Waals surface area contributed by atoms with Crippen LogP contribution >= 0.6 is 12.4 Å². The van der Waals surface area contributed by atoms with Crippen LogP contribution in [-0.4, -0.2) is 11.6 Å². The molecule has 0 atom stereocenters. The van der Waals surface area contributed by atoms with E-state index in [1.54, 1.807) is 0 Å². The van der Waals surface area contributed by atoms with Gasteiger partial charge in [-0.3, -0.25) is 4.79 Å². The first-order chi connectivity index (χ1) is 5.99. The fourth-order valence-electron chi connectivity index (χ4n) is 1.72. The van der Waals surface area contributed by atoms with Crippen molar-refractivity contribution in [3.63, 3.8) is 0 Å². The number of hydrogen-bond acceptors (Lipinski definition) is 2. The molecule has 0 aliphatic heterocycles. The lowest BCUT2D eigenvalue weighted by Gasteiger charge is -2.25. The van der Waals surface area contributed by atoms with E-state index in [0.717, 1.165) is 12.8 Å². The molecule has 0 aromatic rings. The zero-order chi connectivity index (χ0) is 9.90. The van der Waals surface area contributed by atoms with Gasteiger partial charge in [-0.15, -0.1) is 12.4 Å². The molecule has 0 N–H and O–H groups in total. The van der Waals surface area contributed by atoms with Gasteiger partial charge in [0.2, 0.25) is 0 Å². The molecule has 0 amide bonds. The van der Waals surface area contributed by atoms with Gasteiger partial charge in [-0.1, -0.05) is 19.3 Å². The standard InChI is InChI=1S/C11H20O2.ClH/c1-11(2,3)13-10(12)9-7-5-4-6-8-9;/h9H,4-8H2,1-3H3;1H. The molecule has 1 fully saturated rings. The number of carbonyl (C=O) groups excluding carboxylic acids is 1. The zero-order valence-corrected chi connectivity index (χ0v) is 10.2. The van der Waals surface area contributed by atoms with E-state index < -0.39 is 0 Å². The van der Waals surface area contributed by atoms with Crippen LogP contribution in [0.4, 0.5) is 0 Å². The minimum absolute atomic E-state index is 0. The first kappa shape index (κ1) is 13.8. The van der Waals surface area contributed by atoms with Crippen molar-refractivity contribution in [3.8, 4) is 0 Å². The molecule has 0 aromatic carbocycles. The summed E-state index contributed by atoms with van der Waals surface area (Å²) in [5.41, 5.74) is -0.325. The molecular weight excluding hydrogens is 200 g/mol. The molecule has 1 saturated carbocycles. The normalized spacial score (nSPS) is 18.5. The molecule has 1 aliphatic carbocycles. The molecule has 0 radical (unpaired) electrons. The van der Waals surface area contributed by atoms with Crippen LogP contribution < -0.4 is 0 Å². The average molecular weight is 221 g/mol. The minimum atomic E-state index is -0.325. The van der Waals surface area contributed by atoms with Crippen molar-refractivity contribution in [3.05, 3.63) is 0 Å². The largest absolute Gasteiger partial charge is 0.460 e. The Kier molecular flexibility index (Phi) is 5.50. The topological polar surface area (TPSA) is 26.3 Å². The van der Waals surface area contributed by atoms with Crippen LogP contribution in [0, 0.1) is 5.92 Å². The van der Waals surface area contributed by atoms with E-state index in [1.165, 1.54) is 19.3 Å². The fraction of sp³-hybridized carbons (Fsp3) is 0.909. The fourth-order valence-corrected chi connectivity index (χ4v) is 1.72. The quantitative estimate of drug-likeness (QED) is 0.634. The molecule has 0 unspecified atom stereocenters. The van der Waals surface area contributed by atoms with Crippen LogP contribution in [0.15, 0.2) is 0 Å². The maximum absolute atomic E-state index is 11.6. The van der Waals surface area contributed by atoms with Crippen LogP contribution in [0.2, 0.25) is 0 Å². The van der Waals surface area contributed by atoms with E-state index >= 15 is 0 Å². The molecule has 0 saturated heterocycles. The van der Waals surface area contributed by atoms with Gasteiger partial charge >= 0.3 is 5.97 Å². The van der Waals surface area contributed by atoms with Crippen molar-refractivity contribution in [2.24, 2.45) is 5.92 Å². The number of ether oxygens (including phenoxy) is 1. The van der Waals surface area contributed by atoms with Crippen molar-refractivity contribution in [1.82, 2.24) is 0 Å². The third-order valence-corrected chi connectivity index (χ3v) is 2.35. The van der Waals surface area contributed by atoms with Gasteiger partial charge in [0.15, 0.2) is 0 Å². The predicted molar refractivity (Wildman–Crippen MR) is 59.7 cm³/mol. The molecular formula is C11H21ClO2. The monoisotopic (exact) mass is 220 g/mol. The smallest absolute Gasteiger partial charge is 0.309 e. The Morgan fingerprint density at radius 3 is 2.07 bits per heavy atom. The minimum Gasteiger partial charge on any atom is -0.460 e. The van der Waals surface area contributed by atoms with Gasteiger partial charge in [0, 0.05) is 0 Å². The van der Waals surface area contributed by atoms with E-state index in [1.807, 2.05) is 20.8 Å². The highest BCUT2D eigenvalue weighted by Gasteiger charge is 2.26. The van der Waals surface area contributed by atoms with Gasteiger partial charge in [-0.25, -0.2) is 0 Å². The molecule has 0 spiro atoms. The maximum atomic E-state index is 11.6. The van der Waals surface area contributed by atoms with Gasteiger partial charge in [0.05, 0.1) is 5.92 Å². The van der Waals surface area contributed by atoms with E-state index in [9.17, 15) is 4.79 Å². The number of carbonyl (C=O) groups is 1. The van der Waals surface area contributed by atoms with Gasteiger partial charge in [-0.2, -0.15) is 0 Å².